The Labute approximate surface area is 120 Å². The number of carbonyl (C=O) groups excluding carboxylic acids is 1. The van der Waals surface area contributed by atoms with Crippen LogP contribution < -0.4 is 0 Å². The van der Waals surface area contributed by atoms with E-state index < -0.39 is 0 Å². The molecule has 2 aliphatic rings. The topological polar surface area (TPSA) is 32.8 Å². The monoisotopic (exact) mass is 274 g/mol. The molecule has 2 fully saturated rings. The summed E-state index contributed by atoms with van der Waals surface area (Å²) in [5.74, 6) is 0. The quantitative estimate of drug-likeness (QED) is 0.849. The molecule has 2 aliphatic heterocycles. The molecule has 0 radical (unpaired) electrons. The van der Waals surface area contributed by atoms with Gasteiger partial charge in [0, 0.05) is 31.7 Å². The number of rotatable bonds is 3. The molecule has 2 bridgehead atoms. The van der Waals surface area contributed by atoms with E-state index in [0.717, 1.165) is 38.0 Å². The zero-order valence-electron chi connectivity index (χ0n) is 12.0. The lowest BCUT2D eigenvalue weighted by Crippen LogP contribution is -2.55. The smallest absolute Gasteiger partial charge is 0.410 e. The average molecular weight is 274 g/mol. The summed E-state index contributed by atoms with van der Waals surface area (Å²) in [6, 6.07) is 10.5. The summed E-state index contributed by atoms with van der Waals surface area (Å²) in [4.78, 5) is 16.9. The van der Waals surface area contributed by atoms with E-state index in [4.69, 9.17) is 4.74 Å². The van der Waals surface area contributed by atoms with Gasteiger partial charge in [-0.05, 0) is 18.4 Å². The molecule has 1 aromatic rings. The van der Waals surface area contributed by atoms with E-state index in [9.17, 15) is 4.79 Å². The number of ether oxygens (including phenoxy) is 1. The van der Waals surface area contributed by atoms with Crippen molar-refractivity contribution in [2.75, 3.05) is 19.6 Å². The van der Waals surface area contributed by atoms with Crippen LogP contribution in [0.5, 0.6) is 0 Å². The highest BCUT2D eigenvalue weighted by molar-refractivity contribution is 5.69. The van der Waals surface area contributed by atoms with Gasteiger partial charge in [0.25, 0.3) is 0 Å². The first-order valence-corrected chi connectivity index (χ1v) is 7.49. The first-order valence-electron chi connectivity index (χ1n) is 7.49. The van der Waals surface area contributed by atoms with Crippen molar-refractivity contribution >= 4 is 6.09 Å². The summed E-state index contributed by atoms with van der Waals surface area (Å²) < 4.78 is 5.52. The SMILES string of the molecule is CCC1CN2CCC(C2)N1C(=O)OCc1ccccc1. The van der Waals surface area contributed by atoms with E-state index in [1.54, 1.807) is 0 Å². The van der Waals surface area contributed by atoms with Crippen LogP contribution in [0.15, 0.2) is 30.3 Å². The molecular weight excluding hydrogens is 252 g/mol. The molecule has 3 unspecified atom stereocenters. The third-order valence-electron chi connectivity index (χ3n) is 4.39. The molecule has 108 valence electrons. The van der Waals surface area contributed by atoms with Crippen molar-refractivity contribution in [1.82, 2.24) is 9.80 Å². The summed E-state index contributed by atoms with van der Waals surface area (Å²) in [5.41, 5.74) is 1.04. The van der Waals surface area contributed by atoms with E-state index in [1.807, 2.05) is 35.2 Å². The van der Waals surface area contributed by atoms with Gasteiger partial charge >= 0.3 is 6.09 Å². The second-order valence-electron chi connectivity index (χ2n) is 5.71. The summed E-state index contributed by atoms with van der Waals surface area (Å²) >= 11 is 0. The number of piperazine rings is 1. The molecule has 1 amide bonds. The van der Waals surface area contributed by atoms with Gasteiger partial charge < -0.3 is 4.74 Å². The van der Waals surface area contributed by atoms with Gasteiger partial charge in [0.2, 0.25) is 0 Å². The Balaban J connectivity index is 1.63. The van der Waals surface area contributed by atoms with Crippen molar-refractivity contribution in [3.8, 4) is 0 Å². The molecule has 2 saturated heterocycles. The Bertz CT molecular complexity index is 463. The summed E-state index contributed by atoms with van der Waals surface area (Å²) in [6.07, 6.45) is 1.93. The lowest BCUT2D eigenvalue weighted by molar-refractivity contribution is 0.0375. The zero-order chi connectivity index (χ0) is 13.9. The fourth-order valence-corrected chi connectivity index (χ4v) is 3.31. The van der Waals surface area contributed by atoms with Crippen LogP contribution in [-0.2, 0) is 11.3 Å². The molecule has 0 aromatic heterocycles. The van der Waals surface area contributed by atoms with Crippen LogP contribution in [0.3, 0.4) is 0 Å². The van der Waals surface area contributed by atoms with Crippen LogP contribution in [0.2, 0.25) is 0 Å². The number of hydrogen-bond acceptors (Lipinski definition) is 3. The number of carbonyl (C=O) groups is 1. The van der Waals surface area contributed by atoms with Gasteiger partial charge in [-0.25, -0.2) is 4.79 Å². The van der Waals surface area contributed by atoms with Crippen LogP contribution >= 0.6 is 0 Å². The molecule has 0 N–H and O–H groups in total. The third-order valence-corrected chi connectivity index (χ3v) is 4.39. The number of benzene rings is 1. The first-order chi connectivity index (χ1) is 9.78. The predicted molar refractivity (Wildman–Crippen MR) is 77.4 cm³/mol. The summed E-state index contributed by atoms with van der Waals surface area (Å²) in [5, 5.41) is 0. The molecule has 3 atom stereocenters. The Kier molecular flexibility index (Phi) is 3.92. The van der Waals surface area contributed by atoms with Crippen LogP contribution in [0, 0.1) is 0 Å². The first kappa shape index (κ1) is 13.4. The van der Waals surface area contributed by atoms with Crippen LogP contribution in [-0.4, -0.2) is 47.6 Å². The van der Waals surface area contributed by atoms with Crippen molar-refractivity contribution in [3.05, 3.63) is 35.9 Å². The minimum absolute atomic E-state index is 0.146. The Morgan fingerprint density at radius 1 is 1.30 bits per heavy atom. The Morgan fingerprint density at radius 3 is 2.85 bits per heavy atom. The molecule has 4 nitrogen and oxygen atoms in total. The molecule has 0 saturated carbocycles. The maximum Gasteiger partial charge on any atom is 0.410 e. The largest absolute Gasteiger partial charge is 0.445 e. The third kappa shape index (κ3) is 2.66. The zero-order valence-corrected chi connectivity index (χ0v) is 12.0. The van der Waals surface area contributed by atoms with Gasteiger partial charge in [0.05, 0.1) is 0 Å². The van der Waals surface area contributed by atoms with Gasteiger partial charge in [0.15, 0.2) is 0 Å². The summed E-state index contributed by atoms with van der Waals surface area (Å²) in [6.45, 7) is 5.63. The number of hydrogen-bond donors (Lipinski definition) is 0. The van der Waals surface area contributed by atoms with E-state index in [-0.39, 0.29) is 6.09 Å². The molecule has 0 spiro atoms. The highest BCUT2D eigenvalue weighted by atomic mass is 16.6. The fraction of sp³-hybridized carbons (Fsp3) is 0.562. The van der Waals surface area contributed by atoms with E-state index in [1.165, 1.54) is 0 Å². The van der Waals surface area contributed by atoms with E-state index in [0.29, 0.717) is 18.7 Å². The van der Waals surface area contributed by atoms with E-state index >= 15 is 0 Å². The molecule has 2 heterocycles. The molecular formula is C16H22N2O2. The predicted octanol–water partition coefficient (Wildman–Crippen LogP) is 2.49. The van der Waals surface area contributed by atoms with Gasteiger partial charge in [-0.1, -0.05) is 37.3 Å². The lowest BCUT2D eigenvalue weighted by atomic mass is 10.1. The van der Waals surface area contributed by atoms with Crippen molar-refractivity contribution in [2.24, 2.45) is 0 Å². The molecule has 4 heteroatoms. The fourth-order valence-electron chi connectivity index (χ4n) is 3.31. The van der Waals surface area contributed by atoms with Crippen molar-refractivity contribution < 1.29 is 9.53 Å². The number of nitrogens with zero attached hydrogens (tertiary/aromatic N) is 2. The van der Waals surface area contributed by atoms with Crippen molar-refractivity contribution in [1.29, 1.82) is 0 Å². The average Bonchev–Trinajstić information content (AvgIpc) is 2.87. The van der Waals surface area contributed by atoms with Gasteiger partial charge in [0.1, 0.15) is 6.61 Å². The Morgan fingerprint density at radius 2 is 2.10 bits per heavy atom. The van der Waals surface area contributed by atoms with Crippen LogP contribution in [0.25, 0.3) is 0 Å². The highest BCUT2D eigenvalue weighted by Gasteiger charge is 2.41. The summed E-state index contributed by atoms with van der Waals surface area (Å²) in [7, 11) is 0. The van der Waals surface area contributed by atoms with Gasteiger partial charge in [-0.2, -0.15) is 0 Å². The van der Waals surface area contributed by atoms with Crippen molar-refractivity contribution in [2.45, 2.75) is 38.5 Å². The second kappa shape index (κ2) is 5.83. The minimum Gasteiger partial charge on any atom is -0.445 e. The normalized spacial score (nSPS) is 28.4. The molecule has 0 aliphatic carbocycles. The maximum atomic E-state index is 12.4. The molecule has 20 heavy (non-hydrogen) atoms. The van der Waals surface area contributed by atoms with Crippen LogP contribution in [0.1, 0.15) is 25.3 Å². The standard InChI is InChI=1S/C16H22N2O2/c1-2-14-10-17-9-8-15(11-17)18(14)16(19)20-12-13-6-4-3-5-7-13/h3-7,14-15H,2,8-12H2,1H3. The van der Waals surface area contributed by atoms with Gasteiger partial charge in [-0.15, -0.1) is 0 Å². The molecule has 1 aromatic carbocycles. The van der Waals surface area contributed by atoms with Crippen molar-refractivity contribution in [3.63, 3.8) is 0 Å². The highest BCUT2D eigenvalue weighted by Crippen LogP contribution is 2.27. The van der Waals surface area contributed by atoms with Crippen LogP contribution in [0.4, 0.5) is 4.79 Å². The lowest BCUT2D eigenvalue weighted by Gasteiger charge is -2.40. The Hall–Kier alpha value is -1.55. The molecule has 3 rings (SSSR count). The van der Waals surface area contributed by atoms with E-state index in [2.05, 4.69) is 11.8 Å². The number of fused-ring (bicyclic) bond motifs is 2. The van der Waals surface area contributed by atoms with Gasteiger partial charge in [-0.3, -0.25) is 9.80 Å². The minimum atomic E-state index is -0.146. The second-order valence-corrected chi connectivity index (χ2v) is 5.71. The maximum absolute atomic E-state index is 12.4. The number of amides is 1.